The fourth-order valence-corrected chi connectivity index (χ4v) is 6.32. The van der Waals surface area contributed by atoms with E-state index in [1.807, 2.05) is 68.1 Å². The van der Waals surface area contributed by atoms with Gasteiger partial charge >= 0.3 is 5.97 Å². The smallest absolute Gasteiger partial charge is 0.342 e. The minimum absolute atomic E-state index is 0.277. The number of carbonyl (C=O) groups excluding carboxylic acids is 1. The van der Waals surface area contributed by atoms with Crippen LogP contribution in [-0.4, -0.2) is 71.8 Å². The van der Waals surface area contributed by atoms with Crippen molar-refractivity contribution in [3.8, 4) is 17.0 Å². The summed E-state index contributed by atoms with van der Waals surface area (Å²) in [5, 5.41) is 4.26. The molecular formula is C31H37N7O3. The molecule has 1 aliphatic heterocycles. The summed E-state index contributed by atoms with van der Waals surface area (Å²) in [7, 11) is 7.89. The van der Waals surface area contributed by atoms with Gasteiger partial charge in [0.1, 0.15) is 11.3 Å². The second kappa shape index (κ2) is 10.3. The van der Waals surface area contributed by atoms with Gasteiger partial charge in [-0.3, -0.25) is 0 Å². The summed E-state index contributed by atoms with van der Waals surface area (Å²) in [5.41, 5.74) is 11.4. The molecule has 10 heteroatoms. The van der Waals surface area contributed by atoms with Gasteiger partial charge in [-0.2, -0.15) is 0 Å². The number of nitrogen functional groups attached to an aromatic ring is 1. The number of nitrogens with one attached hydrogen (secondary N) is 1. The molecule has 6 rings (SSSR count). The molecule has 0 spiro atoms. The van der Waals surface area contributed by atoms with E-state index >= 15 is 0 Å². The van der Waals surface area contributed by atoms with Gasteiger partial charge < -0.3 is 34.9 Å². The number of methoxy groups -OCH3 is 1. The highest BCUT2D eigenvalue weighted by Gasteiger charge is 2.57. The maximum Gasteiger partial charge on any atom is 0.342 e. The zero-order valence-electron chi connectivity index (χ0n) is 24.4. The molecule has 41 heavy (non-hydrogen) atoms. The highest BCUT2D eigenvalue weighted by Crippen LogP contribution is 2.50. The van der Waals surface area contributed by atoms with E-state index in [1.54, 1.807) is 7.11 Å². The van der Waals surface area contributed by atoms with Gasteiger partial charge in [0.15, 0.2) is 0 Å². The number of para-hydroxylation sites is 1. The van der Waals surface area contributed by atoms with Crippen LogP contribution >= 0.6 is 0 Å². The van der Waals surface area contributed by atoms with Crippen molar-refractivity contribution in [3.63, 3.8) is 0 Å². The first-order chi connectivity index (χ1) is 19.7. The number of benzene rings is 2. The van der Waals surface area contributed by atoms with E-state index in [0.717, 1.165) is 35.2 Å². The third kappa shape index (κ3) is 4.82. The highest BCUT2D eigenvalue weighted by molar-refractivity contribution is 6.03. The van der Waals surface area contributed by atoms with Crippen LogP contribution < -0.4 is 20.7 Å². The van der Waals surface area contributed by atoms with Crippen LogP contribution in [0.1, 0.15) is 24.2 Å². The molecule has 0 bridgehead atoms. The largest absolute Gasteiger partial charge is 0.494 e. The Balaban J connectivity index is 1.35. The predicted octanol–water partition coefficient (Wildman–Crippen LogP) is 4.53. The lowest BCUT2D eigenvalue weighted by atomic mass is 10.1. The quantitative estimate of drug-likeness (QED) is 0.239. The molecule has 2 aromatic heterocycles. The second-order valence-corrected chi connectivity index (χ2v) is 11.5. The normalized spacial score (nSPS) is 19.8. The Bertz CT molecular complexity index is 1620. The Morgan fingerprint density at radius 1 is 1.17 bits per heavy atom. The minimum atomic E-state index is -0.472. The first kappa shape index (κ1) is 26.9. The number of likely N-dealkylation sites (tertiary alicyclic amines) is 1. The van der Waals surface area contributed by atoms with Gasteiger partial charge in [-0.15, -0.1) is 0 Å². The van der Waals surface area contributed by atoms with Crippen molar-refractivity contribution in [3.05, 3.63) is 54.4 Å². The summed E-state index contributed by atoms with van der Waals surface area (Å²) in [6.07, 6.45) is 3.20. The lowest BCUT2D eigenvalue weighted by molar-refractivity contribution is 0.0378. The Hall–Kier alpha value is -4.31. The van der Waals surface area contributed by atoms with Crippen molar-refractivity contribution < 1.29 is 14.3 Å². The Morgan fingerprint density at radius 2 is 1.90 bits per heavy atom. The van der Waals surface area contributed by atoms with Crippen molar-refractivity contribution in [2.75, 3.05) is 50.2 Å². The minimum Gasteiger partial charge on any atom is -0.494 e. The van der Waals surface area contributed by atoms with Crippen LogP contribution in [0.4, 0.5) is 23.0 Å². The molecule has 0 unspecified atom stereocenters. The molecule has 3 heterocycles. The third-order valence-electron chi connectivity index (χ3n) is 8.26. The van der Waals surface area contributed by atoms with E-state index in [1.165, 1.54) is 6.20 Å². The lowest BCUT2D eigenvalue weighted by Crippen LogP contribution is -2.31. The number of carbonyl (C=O) groups is 1. The molecule has 1 saturated heterocycles. The summed E-state index contributed by atoms with van der Waals surface area (Å²) >= 11 is 0. The maximum absolute atomic E-state index is 13.1. The topological polar surface area (TPSA) is 111 Å². The third-order valence-corrected chi connectivity index (χ3v) is 8.26. The molecular weight excluding hydrogens is 518 g/mol. The molecule has 0 radical (unpaired) electrons. The summed E-state index contributed by atoms with van der Waals surface area (Å²) in [6, 6.07) is 12.3. The van der Waals surface area contributed by atoms with Gasteiger partial charge in [0.25, 0.3) is 0 Å². The van der Waals surface area contributed by atoms with Crippen LogP contribution in [0.15, 0.2) is 48.8 Å². The first-order valence-electron chi connectivity index (χ1n) is 13.9. The summed E-state index contributed by atoms with van der Waals surface area (Å²) < 4.78 is 13.3. The number of anilines is 4. The SMILES string of the molecule is COc1cc(N(C)[C@H]2[C@@H]3CN(C)C[C@@H]32)c(N)cc1Nc1ncc(C(=O)OC(C)C)c(-c2cn(C)c3ccccc23)n1. The number of aryl methyl sites for hydroxylation is 1. The summed E-state index contributed by atoms with van der Waals surface area (Å²) in [5.74, 6) is 1.82. The number of nitrogens with zero attached hydrogens (tertiary/aromatic N) is 5. The molecule has 214 valence electrons. The number of esters is 1. The van der Waals surface area contributed by atoms with Gasteiger partial charge in [0, 0.05) is 68.2 Å². The number of fused-ring (bicyclic) bond motifs is 2. The van der Waals surface area contributed by atoms with E-state index in [9.17, 15) is 4.79 Å². The Labute approximate surface area is 240 Å². The average molecular weight is 556 g/mol. The van der Waals surface area contributed by atoms with Crippen molar-refractivity contribution in [2.45, 2.75) is 26.0 Å². The molecule has 1 aliphatic carbocycles. The second-order valence-electron chi connectivity index (χ2n) is 11.5. The van der Waals surface area contributed by atoms with Gasteiger partial charge in [-0.1, -0.05) is 18.2 Å². The molecule has 1 saturated carbocycles. The van der Waals surface area contributed by atoms with E-state index in [0.29, 0.717) is 52.2 Å². The van der Waals surface area contributed by atoms with Crippen molar-refractivity contribution in [2.24, 2.45) is 18.9 Å². The number of rotatable bonds is 8. The maximum atomic E-state index is 13.1. The van der Waals surface area contributed by atoms with Crippen molar-refractivity contribution in [1.29, 1.82) is 0 Å². The van der Waals surface area contributed by atoms with Crippen LogP contribution in [-0.2, 0) is 11.8 Å². The van der Waals surface area contributed by atoms with Crippen LogP contribution in [0.5, 0.6) is 5.75 Å². The number of piperidine rings is 1. The predicted molar refractivity (Wildman–Crippen MR) is 162 cm³/mol. The van der Waals surface area contributed by atoms with Crippen molar-refractivity contribution >= 4 is 39.9 Å². The van der Waals surface area contributed by atoms with Gasteiger partial charge in [-0.25, -0.2) is 14.8 Å². The van der Waals surface area contributed by atoms with E-state index in [2.05, 4.69) is 34.2 Å². The van der Waals surface area contributed by atoms with Gasteiger partial charge in [0.05, 0.1) is 36.0 Å². The fourth-order valence-electron chi connectivity index (χ4n) is 6.32. The number of hydrogen-bond donors (Lipinski definition) is 2. The van der Waals surface area contributed by atoms with Crippen LogP contribution in [0.2, 0.25) is 0 Å². The Morgan fingerprint density at radius 3 is 2.61 bits per heavy atom. The van der Waals surface area contributed by atoms with Gasteiger partial charge in [-0.05, 0) is 44.9 Å². The average Bonchev–Trinajstić information content (AvgIpc) is 3.26. The van der Waals surface area contributed by atoms with Crippen LogP contribution in [0.25, 0.3) is 22.2 Å². The summed E-state index contributed by atoms with van der Waals surface area (Å²) in [6.45, 7) is 5.87. The standard InChI is InChI=1S/C31H37N7O3/c1-17(2)41-30(39)19-13-33-31(35-28(19)20-16-37(4)25-10-8-7-9-18(20)25)34-24-11-23(32)26(12-27(24)40-6)38(5)29-21-14-36(3)15-22(21)29/h7-13,16-17,21-22,29H,14-15,32H2,1-6H3,(H,33,34,35)/t21-,22+,29+. The number of aromatic nitrogens is 3. The Kier molecular flexibility index (Phi) is 6.73. The monoisotopic (exact) mass is 555 g/mol. The zero-order valence-corrected chi connectivity index (χ0v) is 24.4. The zero-order chi connectivity index (χ0) is 29.0. The molecule has 3 atom stereocenters. The molecule has 0 amide bonds. The highest BCUT2D eigenvalue weighted by atomic mass is 16.5. The first-order valence-corrected chi connectivity index (χ1v) is 13.9. The van der Waals surface area contributed by atoms with Gasteiger partial charge in [0.2, 0.25) is 5.95 Å². The fraction of sp³-hybridized carbons (Fsp3) is 0.387. The molecule has 4 aromatic rings. The van der Waals surface area contributed by atoms with Crippen LogP contribution in [0, 0.1) is 11.8 Å². The van der Waals surface area contributed by atoms with Crippen molar-refractivity contribution in [1.82, 2.24) is 19.4 Å². The number of nitrogens with two attached hydrogens (primary N) is 1. The molecule has 3 N–H and O–H groups in total. The molecule has 2 aliphatic rings. The molecule has 2 fully saturated rings. The number of ether oxygens (including phenoxy) is 2. The molecule has 10 nitrogen and oxygen atoms in total. The summed E-state index contributed by atoms with van der Waals surface area (Å²) in [4.78, 5) is 27.1. The van der Waals surface area contributed by atoms with E-state index in [-0.39, 0.29) is 6.10 Å². The molecule has 2 aromatic carbocycles. The lowest BCUT2D eigenvalue weighted by Gasteiger charge is -2.26. The van der Waals surface area contributed by atoms with E-state index in [4.69, 9.17) is 20.2 Å². The number of hydrogen-bond acceptors (Lipinski definition) is 9. The van der Waals surface area contributed by atoms with E-state index < -0.39 is 5.97 Å². The van der Waals surface area contributed by atoms with Crippen LogP contribution in [0.3, 0.4) is 0 Å².